The van der Waals surface area contributed by atoms with Gasteiger partial charge >= 0.3 is 0 Å². The highest BCUT2D eigenvalue weighted by atomic mass is 35.5. The normalized spacial score (nSPS) is 10.9. The first-order valence-electron chi connectivity index (χ1n) is 9.41. The molecule has 154 valence electrons. The molecule has 31 heavy (non-hydrogen) atoms. The predicted molar refractivity (Wildman–Crippen MR) is 120 cm³/mol. The number of anilines is 1. The smallest absolute Gasteiger partial charge is 0.195 e. The van der Waals surface area contributed by atoms with Gasteiger partial charge in [0, 0.05) is 34.1 Å². The van der Waals surface area contributed by atoms with Crippen molar-refractivity contribution < 1.29 is 9.53 Å². The number of halogens is 1. The molecule has 0 saturated heterocycles. The molecule has 4 rings (SSSR count). The molecule has 1 aromatic heterocycles. The largest absolute Gasteiger partial charge is 0.497 e. The third-order valence-corrected chi connectivity index (χ3v) is 4.78. The standard InChI is InChI=1S/C23H18ClN5O2/c1-31-19-10-8-18(9-11-19)29-22(26-27-28-29)13-14-25-21-12-7-17(24)15-20(21)23(30)16-5-3-2-4-6-16/h2-15,25H,1H3/b14-13-. The van der Waals surface area contributed by atoms with Crippen LogP contribution in [-0.2, 0) is 0 Å². The molecule has 0 atom stereocenters. The van der Waals surface area contributed by atoms with Crippen LogP contribution < -0.4 is 10.1 Å². The van der Waals surface area contributed by atoms with Gasteiger partial charge in [-0.3, -0.25) is 4.79 Å². The van der Waals surface area contributed by atoms with Gasteiger partial charge in [0.15, 0.2) is 11.6 Å². The van der Waals surface area contributed by atoms with Crippen LogP contribution in [0.2, 0.25) is 5.02 Å². The molecule has 0 unspecified atom stereocenters. The summed E-state index contributed by atoms with van der Waals surface area (Å²) in [5, 5.41) is 15.4. The molecular weight excluding hydrogens is 414 g/mol. The summed E-state index contributed by atoms with van der Waals surface area (Å²) in [5.74, 6) is 1.14. The van der Waals surface area contributed by atoms with E-state index in [1.807, 2.05) is 42.5 Å². The highest BCUT2D eigenvalue weighted by Gasteiger charge is 2.14. The van der Waals surface area contributed by atoms with Crippen LogP contribution in [0.4, 0.5) is 5.69 Å². The number of benzene rings is 3. The lowest BCUT2D eigenvalue weighted by molar-refractivity contribution is 0.103. The summed E-state index contributed by atoms with van der Waals surface area (Å²) < 4.78 is 6.77. The molecule has 0 amide bonds. The monoisotopic (exact) mass is 431 g/mol. The first kappa shape index (κ1) is 20.3. The Morgan fingerprint density at radius 3 is 2.58 bits per heavy atom. The van der Waals surface area contributed by atoms with Crippen molar-refractivity contribution in [3.63, 3.8) is 0 Å². The molecule has 8 heteroatoms. The highest BCUT2D eigenvalue weighted by molar-refractivity contribution is 6.31. The molecule has 0 aliphatic rings. The fourth-order valence-corrected chi connectivity index (χ4v) is 3.16. The lowest BCUT2D eigenvalue weighted by Gasteiger charge is -2.09. The Morgan fingerprint density at radius 1 is 1.06 bits per heavy atom. The Kier molecular flexibility index (Phi) is 6.05. The van der Waals surface area contributed by atoms with Crippen LogP contribution in [0.15, 0.2) is 79.0 Å². The van der Waals surface area contributed by atoms with Crippen LogP contribution >= 0.6 is 11.6 Å². The van der Waals surface area contributed by atoms with Gasteiger partial charge in [0.1, 0.15) is 5.75 Å². The number of tetrazole rings is 1. The Morgan fingerprint density at radius 2 is 1.84 bits per heavy atom. The number of carbonyl (C=O) groups excluding carboxylic acids is 1. The molecule has 4 aromatic rings. The van der Waals surface area contributed by atoms with Crippen LogP contribution in [0.5, 0.6) is 5.75 Å². The number of rotatable bonds is 7. The van der Waals surface area contributed by atoms with Crippen LogP contribution in [0.1, 0.15) is 21.7 Å². The van der Waals surface area contributed by atoms with Crippen molar-refractivity contribution in [1.29, 1.82) is 0 Å². The quantitative estimate of drug-likeness (QED) is 0.429. The number of aromatic nitrogens is 4. The fourth-order valence-electron chi connectivity index (χ4n) is 2.99. The van der Waals surface area contributed by atoms with Gasteiger partial charge < -0.3 is 10.1 Å². The van der Waals surface area contributed by atoms with Gasteiger partial charge in [0.2, 0.25) is 0 Å². The van der Waals surface area contributed by atoms with E-state index in [4.69, 9.17) is 16.3 Å². The Bertz CT molecular complexity index is 1220. The number of nitrogens with zero attached hydrogens (tertiary/aromatic N) is 4. The molecule has 1 heterocycles. The van der Waals surface area contributed by atoms with E-state index in [1.54, 1.807) is 54.4 Å². The molecule has 0 fully saturated rings. The lowest BCUT2D eigenvalue weighted by atomic mass is 10.0. The molecule has 0 saturated carbocycles. The van der Waals surface area contributed by atoms with Gasteiger partial charge in [0.25, 0.3) is 0 Å². The van der Waals surface area contributed by atoms with E-state index in [-0.39, 0.29) is 5.78 Å². The summed E-state index contributed by atoms with van der Waals surface area (Å²) in [4.78, 5) is 12.9. The van der Waals surface area contributed by atoms with Crippen LogP contribution in [0.3, 0.4) is 0 Å². The Hall–Kier alpha value is -3.97. The number of methoxy groups -OCH3 is 1. The van der Waals surface area contributed by atoms with Crippen molar-refractivity contribution in [3.05, 3.63) is 101 Å². The molecule has 0 radical (unpaired) electrons. The first-order valence-corrected chi connectivity index (χ1v) is 9.79. The molecule has 1 N–H and O–H groups in total. The van der Waals surface area contributed by atoms with E-state index in [2.05, 4.69) is 20.8 Å². The zero-order chi connectivity index (χ0) is 21.6. The average molecular weight is 432 g/mol. The summed E-state index contributed by atoms with van der Waals surface area (Å²) in [6, 6.07) is 21.6. The van der Waals surface area contributed by atoms with Crippen LogP contribution in [0.25, 0.3) is 11.8 Å². The zero-order valence-electron chi connectivity index (χ0n) is 16.6. The average Bonchev–Trinajstić information content (AvgIpc) is 3.28. The van der Waals surface area contributed by atoms with Crippen molar-refractivity contribution in [2.75, 3.05) is 12.4 Å². The predicted octanol–water partition coefficient (Wildman–Crippen LogP) is 4.64. The summed E-state index contributed by atoms with van der Waals surface area (Å²) in [5.41, 5.74) is 2.47. The fraction of sp³-hybridized carbons (Fsp3) is 0.0435. The molecule has 0 spiro atoms. The highest BCUT2D eigenvalue weighted by Crippen LogP contribution is 2.24. The molecule has 3 aromatic carbocycles. The van der Waals surface area contributed by atoms with E-state index in [0.717, 1.165) is 11.4 Å². The molecule has 0 bridgehead atoms. The summed E-state index contributed by atoms with van der Waals surface area (Å²) in [6.45, 7) is 0. The van der Waals surface area contributed by atoms with Gasteiger partial charge in [-0.05, 0) is 52.9 Å². The van der Waals surface area contributed by atoms with Gasteiger partial charge in [-0.1, -0.05) is 41.9 Å². The summed E-state index contributed by atoms with van der Waals surface area (Å²) >= 11 is 6.14. The number of carbonyl (C=O) groups is 1. The maximum absolute atomic E-state index is 12.9. The maximum atomic E-state index is 12.9. The molecular formula is C23H18ClN5O2. The van der Waals surface area contributed by atoms with E-state index in [9.17, 15) is 4.79 Å². The van der Waals surface area contributed by atoms with Gasteiger partial charge in [0.05, 0.1) is 12.8 Å². The minimum atomic E-state index is -0.123. The third-order valence-electron chi connectivity index (χ3n) is 4.54. The minimum absolute atomic E-state index is 0.123. The number of ketones is 1. The zero-order valence-corrected chi connectivity index (χ0v) is 17.3. The van der Waals surface area contributed by atoms with E-state index < -0.39 is 0 Å². The van der Waals surface area contributed by atoms with E-state index >= 15 is 0 Å². The van der Waals surface area contributed by atoms with Crippen molar-refractivity contribution in [2.24, 2.45) is 0 Å². The molecule has 0 aliphatic carbocycles. The molecule has 0 aliphatic heterocycles. The van der Waals surface area contributed by atoms with E-state index in [1.165, 1.54) is 0 Å². The number of hydrogen-bond donors (Lipinski definition) is 1. The van der Waals surface area contributed by atoms with Gasteiger partial charge in [-0.2, -0.15) is 4.68 Å². The second-order valence-corrected chi connectivity index (χ2v) is 6.95. The van der Waals surface area contributed by atoms with Crippen molar-refractivity contribution in [1.82, 2.24) is 20.2 Å². The number of ether oxygens (including phenoxy) is 1. The van der Waals surface area contributed by atoms with Crippen molar-refractivity contribution >= 4 is 29.1 Å². The van der Waals surface area contributed by atoms with Gasteiger partial charge in [-0.15, -0.1) is 5.10 Å². The minimum Gasteiger partial charge on any atom is -0.497 e. The van der Waals surface area contributed by atoms with E-state index in [0.29, 0.717) is 27.7 Å². The summed E-state index contributed by atoms with van der Waals surface area (Å²) in [7, 11) is 1.61. The summed E-state index contributed by atoms with van der Waals surface area (Å²) in [6.07, 6.45) is 3.40. The molecule has 7 nitrogen and oxygen atoms in total. The SMILES string of the molecule is COc1ccc(-n2nnnc2/C=C\Nc2ccc(Cl)cc2C(=O)c2ccccc2)cc1. The lowest BCUT2D eigenvalue weighted by Crippen LogP contribution is -2.05. The third kappa shape index (κ3) is 4.62. The van der Waals surface area contributed by atoms with Crippen molar-refractivity contribution in [2.45, 2.75) is 0 Å². The van der Waals surface area contributed by atoms with Crippen LogP contribution in [0, 0.1) is 0 Å². The van der Waals surface area contributed by atoms with Crippen LogP contribution in [-0.4, -0.2) is 33.1 Å². The maximum Gasteiger partial charge on any atom is 0.195 e. The Labute approximate surface area is 183 Å². The first-order chi connectivity index (χ1) is 15.2. The Balaban J connectivity index is 1.57. The second kappa shape index (κ2) is 9.23. The second-order valence-electron chi connectivity index (χ2n) is 6.51. The topological polar surface area (TPSA) is 81.9 Å². The number of nitrogens with one attached hydrogen (secondary N) is 1. The van der Waals surface area contributed by atoms with Crippen molar-refractivity contribution in [3.8, 4) is 11.4 Å². The number of hydrogen-bond acceptors (Lipinski definition) is 6. The van der Waals surface area contributed by atoms with Gasteiger partial charge in [-0.25, -0.2) is 0 Å².